The summed E-state index contributed by atoms with van der Waals surface area (Å²) in [6.45, 7) is 7.90. The molecule has 1 aromatic carbocycles. The normalized spacial score (nSPS) is 11.9. The summed E-state index contributed by atoms with van der Waals surface area (Å²) in [5, 5.41) is 0. The topological polar surface area (TPSA) is 82.1 Å². The number of carbonyl (C=O) groups is 2. The summed E-state index contributed by atoms with van der Waals surface area (Å²) >= 11 is 0. The van der Waals surface area contributed by atoms with Crippen LogP contribution in [0.4, 0.5) is 4.79 Å². The van der Waals surface area contributed by atoms with Crippen LogP contribution in [-0.4, -0.2) is 41.9 Å². The Morgan fingerprint density at radius 1 is 1.04 bits per heavy atom. The van der Waals surface area contributed by atoms with Crippen molar-refractivity contribution in [2.45, 2.75) is 40.2 Å². The number of ether oxygens (including phenoxy) is 1. The largest absolute Gasteiger partial charge is 0.443 e. The molecule has 0 aliphatic heterocycles. The minimum Gasteiger partial charge on any atom is -0.443 e. The van der Waals surface area contributed by atoms with Crippen LogP contribution in [0.3, 0.4) is 0 Å². The highest BCUT2D eigenvalue weighted by molar-refractivity contribution is 7.52. The van der Waals surface area contributed by atoms with Gasteiger partial charge in [0.15, 0.2) is 5.78 Å². The Balaban J connectivity index is 3.15. The number of hydrogen-bond acceptors (Lipinski definition) is 6. The highest BCUT2D eigenvalue weighted by Crippen LogP contribution is 2.52. The first kappa shape index (κ1) is 21.4. The summed E-state index contributed by atoms with van der Waals surface area (Å²) in [5.74, 6) is -0.397. The van der Waals surface area contributed by atoms with Crippen LogP contribution < -0.4 is 0 Å². The van der Waals surface area contributed by atoms with E-state index in [-0.39, 0.29) is 13.2 Å². The van der Waals surface area contributed by atoms with E-state index < -0.39 is 31.8 Å². The summed E-state index contributed by atoms with van der Waals surface area (Å²) in [6.07, 6.45) is -0.929. The first-order valence-electron chi connectivity index (χ1n) is 8.11. The van der Waals surface area contributed by atoms with E-state index in [4.69, 9.17) is 13.8 Å². The quantitative estimate of drug-likeness (QED) is 0.501. The highest BCUT2D eigenvalue weighted by atomic mass is 31.2. The van der Waals surface area contributed by atoms with E-state index in [1.807, 2.05) is 0 Å². The van der Waals surface area contributed by atoms with Crippen LogP contribution in [-0.2, 0) is 18.3 Å². The number of benzene rings is 1. The van der Waals surface area contributed by atoms with Gasteiger partial charge in [0.25, 0.3) is 0 Å². The van der Waals surface area contributed by atoms with Crippen molar-refractivity contribution >= 4 is 19.6 Å². The second-order valence-electron chi connectivity index (χ2n) is 6.13. The third-order valence-corrected chi connectivity index (χ3v) is 4.94. The maximum atomic E-state index is 13.0. The molecule has 0 unspecified atom stereocenters. The van der Waals surface area contributed by atoms with Crippen molar-refractivity contribution in [2.24, 2.45) is 0 Å². The first-order chi connectivity index (χ1) is 11.6. The van der Waals surface area contributed by atoms with Crippen molar-refractivity contribution in [1.82, 2.24) is 4.67 Å². The Morgan fingerprint density at radius 3 is 2.00 bits per heavy atom. The van der Waals surface area contributed by atoms with Gasteiger partial charge < -0.3 is 4.74 Å². The molecule has 0 saturated heterocycles. The van der Waals surface area contributed by atoms with Gasteiger partial charge in [-0.2, -0.15) is 0 Å². The number of ketones is 1. The Bertz CT molecular complexity index is 616. The van der Waals surface area contributed by atoms with Gasteiger partial charge >= 0.3 is 13.8 Å². The van der Waals surface area contributed by atoms with Crippen LogP contribution in [0.25, 0.3) is 0 Å². The minimum atomic E-state index is -4.01. The van der Waals surface area contributed by atoms with E-state index in [9.17, 15) is 14.2 Å². The Labute approximate surface area is 148 Å². The monoisotopic (exact) mass is 371 g/mol. The second kappa shape index (κ2) is 9.13. The van der Waals surface area contributed by atoms with E-state index in [0.29, 0.717) is 5.56 Å². The molecule has 0 aliphatic rings. The maximum Gasteiger partial charge on any atom is 0.440 e. The van der Waals surface area contributed by atoms with Gasteiger partial charge in [0.05, 0.1) is 19.8 Å². The molecule has 1 amide bonds. The molecule has 0 atom stereocenters. The van der Waals surface area contributed by atoms with Gasteiger partial charge in [-0.15, -0.1) is 0 Å². The molecule has 0 spiro atoms. The van der Waals surface area contributed by atoms with Crippen molar-refractivity contribution in [3.05, 3.63) is 35.9 Å². The minimum absolute atomic E-state index is 0.0517. The van der Waals surface area contributed by atoms with Gasteiger partial charge in [0, 0.05) is 5.56 Å². The smallest absolute Gasteiger partial charge is 0.440 e. The third kappa shape index (κ3) is 6.61. The molecular weight excluding hydrogens is 345 g/mol. The number of carbonyl (C=O) groups excluding carboxylic acids is 2. The molecule has 1 aromatic rings. The standard InChI is InChI=1S/C17H26NO6P/c1-6-22-25(21,23-7-2)18(16(20)24-17(3,4)5)13-15(19)14-11-9-8-10-12-14/h8-12H,6-7,13H2,1-5H3. The van der Waals surface area contributed by atoms with Gasteiger partial charge in [-0.25, -0.2) is 14.0 Å². The van der Waals surface area contributed by atoms with Gasteiger partial charge in [-0.05, 0) is 34.6 Å². The lowest BCUT2D eigenvalue weighted by molar-refractivity contribution is 0.0313. The molecule has 0 aliphatic carbocycles. The zero-order valence-corrected chi connectivity index (χ0v) is 16.2. The predicted octanol–water partition coefficient (Wildman–Crippen LogP) is 4.29. The number of nitrogens with zero attached hydrogens (tertiary/aromatic N) is 1. The van der Waals surface area contributed by atoms with Crippen LogP contribution in [0, 0.1) is 0 Å². The van der Waals surface area contributed by atoms with Crippen LogP contribution in [0.5, 0.6) is 0 Å². The zero-order chi connectivity index (χ0) is 19.1. The summed E-state index contributed by atoms with van der Waals surface area (Å²) in [6, 6.07) is 8.41. The number of Topliss-reactive ketones (excluding diaryl/α,β-unsaturated/α-hetero) is 1. The summed E-state index contributed by atoms with van der Waals surface area (Å²) in [5.41, 5.74) is -0.440. The lowest BCUT2D eigenvalue weighted by Crippen LogP contribution is -2.38. The van der Waals surface area contributed by atoms with Crippen LogP contribution in [0.1, 0.15) is 45.0 Å². The van der Waals surface area contributed by atoms with Crippen molar-refractivity contribution in [3.8, 4) is 0 Å². The van der Waals surface area contributed by atoms with Crippen molar-refractivity contribution < 1.29 is 27.9 Å². The Kier molecular flexibility index (Phi) is 7.80. The molecule has 0 heterocycles. The van der Waals surface area contributed by atoms with Crippen molar-refractivity contribution in [2.75, 3.05) is 19.8 Å². The molecule has 1 rings (SSSR count). The average molecular weight is 371 g/mol. The summed E-state index contributed by atoms with van der Waals surface area (Å²) < 4.78 is 29.5. The van der Waals surface area contributed by atoms with Gasteiger partial charge in [-0.1, -0.05) is 30.3 Å². The van der Waals surface area contributed by atoms with E-state index in [1.165, 1.54) is 0 Å². The number of hydrogen-bond donors (Lipinski definition) is 0. The molecule has 25 heavy (non-hydrogen) atoms. The van der Waals surface area contributed by atoms with Gasteiger partial charge in [-0.3, -0.25) is 13.8 Å². The fraction of sp³-hybridized carbons (Fsp3) is 0.529. The van der Waals surface area contributed by atoms with Gasteiger partial charge in [0.1, 0.15) is 5.60 Å². The number of rotatable bonds is 8. The zero-order valence-electron chi connectivity index (χ0n) is 15.4. The molecule has 0 saturated carbocycles. The summed E-state index contributed by atoms with van der Waals surface area (Å²) in [4.78, 5) is 25.0. The maximum absolute atomic E-state index is 13.0. The van der Waals surface area contributed by atoms with E-state index in [1.54, 1.807) is 65.0 Å². The lowest BCUT2D eigenvalue weighted by Gasteiger charge is -2.31. The second-order valence-corrected chi connectivity index (χ2v) is 8.07. The fourth-order valence-electron chi connectivity index (χ4n) is 1.92. The first-order valence-corrected chi connectivity index (χ1v) is 9.61. The molecule has 8 heteroatoms. The molecule has 0 radical (unpaired) electrons. The Morgan fingerprint density at radius 2 is 1.56 bits per heavy atom. The molecule has 7 nitrogen and oxygen atoms in total. The molecular formula is C17H26NO6P. The lowest BCUT2D eigenvalue weighted by atomic mass is 10.1. The highest BCUT2D eigenvalue weighted by Gasteiger charge is 2.41. The van der Waals surface area contributed by atoms with Crippen LogP contribution in [0.15, 0.2) is 30.3 Å². The van der Waals surface area contributed by atoms with E-state index in [0.717, 1.165) is 4.67 Å². The SMILES string of the molecule is CCOP(=O)(OCC)N(CC(=O)c1ccccc1)C(=O)OC(C)(C)C. The predicted molar refractivity (Wildman–Crippen MR) is 94.6 cm³/mol. The molecule has 0 aromatic heterocycles. The summed E-state index contributed by atoms with van der Waals surface area (Å²) in [7, 11) is -4.01. The Hall–Kier alpha value is -1.69. The average Bonchev–Trinajstić information content (AvgIpc) is 2.51. The number of amides is 1. The molecule has 0 fully saturated rings. The van der Waals surface area contributed by atoms with Gasteiger partial charge in [0.2, 0.25) is 0 Å². The van der Waals surface area contributed by atoms with E-state index in [2.05, 4.69) is 0 Å². The van der Waals surface area contributed by atoms with Crippen LogP contribution in [0.2, 0.25) is 0 Å². The third-order valence-electron chi connectivity index (χ3n) is 2.87. The molecule has 0 N–H and O–H groups in total. The molecule has 0 bridgehead atoms. The fourth-order valence-corrected chi connectivity index (χ4v) is 3.47. The van der Waals surface area contributed by atoms with Crippen LogP contribution >= 0.6 is 7.75 Å². The van der Waals surface area contributed by atoms with Crippen molar-refractivity contribution in [3.63, 3.8) is 0 Å². The van der Waals surface area contributed by atoms with Crippen molar-refractivity contribution in [1.29, 1.82) is 0 Å². The molecule has 140 valence electrons. The van der Waals surface area contributed by atoms with E-state index >= 15 is 0 Å².